The SMILES string of the molecule is O=S(=O)(O)O.SCc1ccc(Cl)cc1.[NaH]. The van der Waals surface area contributed by atoms with E-state index in [1.807, 2.05) is 24.3 Å². The van der Waals surface area contributed by atoms with Crippen molar-refractivity contribution in [1.82, 2.24) is 0 Å². The molecular weight excluding hydrogens is 271 g/mol. The van der Waals surface area contributed by atoms with Crippen LogP contribution in [0.2, 0.25) is 5.02 Å². The van der Waals surface area contributed by atoms with Gasteiger partial charge in [0, 0.05) is 10.8 Å². The number of halogens is 1. The van der Waals surface area contributed by atoms with Gasteiger partial charge in [-0.05, 0) is 17.7 Å². The molecule has 0 heterocycles. The molecule has 0 saturated heterocycles. The van der Waals surface area contributed by atoms with Gasteiger partial charge in [0.1, 0.15) is 0 Å². The van der Waals surface area contributed by atoms with Crippen LogP contribution in [0.4, 0.5) is 0 Å². The summed E-state index contributed by atoms with van der Waals surface area (Å²) in [5, 5.41) is 0.778. The van der Waals surface area contributed by atoms with Gasteiger partial charge in [-0.2, -0.15) is 21.0 Å². The zero-order valence-electron chi connectivity index (χ0n) is 6.96. The van der Waals surface area contributed by atoms with Crippen molar-refractivity contribution in [2.45, 2.75) is 5.75 Å². The molecule has 1 aromatic rings. The van der Waals surface area contributed by atoms with E-state index in [1.54, 1.807) is 0 Å². The van der Waals surface area contributed by atoms with Gasteiger partial charge in [-0.15, -0.1) is 0 Å². The Balaban J connectivity index is 0. The summed E-state index contributed by atoms with van der Waals surface area (Å²) in [6, 6.07) is 7.67. The average Bonchev–Trinajstić information content (AvgIpc) is 2.03. The fourth-order valence-corrected chi connectivity index (χ4v) is 0.927. The Labute approximate surface area is 121 Å². The summed E-state index contributed by atoms with van der Waals surface area (Å²) in [5.41, 5.74) is 1.20. The molecule has 0 saturated carbocycles. The molecule has 0 aliphatic carbocycles. The van der Waals surface area contributed by atoms with Crippen molar-refractivity contribution in [1.29, 1.82) is 0 Å². The summed E-state index contributed by atoms with van der Waals surface area (Å²) in [5.74, 6) is 0.775. The Morgan fingerprint density at radius 3 is 1.80 bits per heavy atom. The van der Waals surface area contributed by atoms with E-state index in [9.17, 15) is 0 Å². The fourth-order valence-electron chi connectivity index (χ4n) is 0.590. The van der Waals surface area contributed by atoms with Gasteiger partial charge >= 0.3 is 40.0 Å². The minimum absolute atomic E-state index is 0. The summed E-state index contributed by atoms with van der Waals surface area (Å²) in [6.45, 7) is 0. The third-order valence-corrected chi connectivity index (χ3v) is 1.71. The van der Waals surface area contributed by atoms with Gasteiger partial charge < -0.3 is 0 Å². The van der Waals surface area contributed by atoms with Gasteiger partial charge in [0.05, 0.1) is 0 Å². The molecule has 0 fully saturated rings. The summed E-state index contributed by atoms with van der Waals surface area (Å²) in [7, 11) is -4.67. The van der Waals surface area contributed by atoms with Crippen LogP contribution in [-0.4, -0.2) is 47.1 Å². The first-order valence-electron chi connectivity index (χ1n) is 3.38. The van der Waals surface area contributed by atoms with Crippen LogP contribution in [0.1, 0.15) is 5.56 Å². The van der Waals surface area contributed by atoms with E-state index in [1.165, 1.54) is 5.56 Å². The van der Waals surface area contributed by atoms with Crippen LogP contribution < -0.4 is 0 Å². The number of thiol groups is 1. The van der Waals surface area contributed by atoms with Crippen molar-refractivity contribution in [3.8, 4) is 0 Å². The summed E-state index contributed by atoms with van der Waals surface area (Å²) in [4.78, 5) is 0. The maximum atomic E-state index is 8.74. The molecule has 0 atom stereocenters. The van der Waals surface area contributed by atoms with Crippen LogP contribution in [0.15, 0.2) is 24.3 Å². The molecule has 0 unspecified atom stereocenters. The Morgan fingerprint density at radius 2 is 1.53 bits per heavy atom. The second-order valence-corrected chi connectivity index (χ2v) is 3.88. The van der Waals surface area contributed by atoms with Crippen LogP contribution >= 0.6 is 24.2 Å². The molecule has 1 aromatic carbocycles. The fraction of sp³-hybridized carbons (Fsp3) is 0.143. The molecule has 1 rings (SSSR count). The number of benzene rings is 1. The van der Waals surface area contributed by atoms with Gasteiger partial charge in [0.25, 0.3) is 0 Å². The van der Waals surface area contributed by atoms with E-state index >= 15 is 0 Å². The molecule has 0 spiro atoms. The Kier molecular flexibility index (Phi) is 10.7. The number of hydrogen-bond acceptors (Lipinski definition) is 3. The Bertz CT molecular complexity index is 357. The van der Waals surface area contributed by atoms with Gasteiger partial charge in [-0.3, -0.25) is 9.11 Å². The van der Waals surface area contributed by atoms with Crippen LogP contribution in [-0.2, 0) is 16.2 Å². The van der Waals surface area contributed by atoms with Crippen molar-refractivity contribution >= 4 is 64.2 Å². The normalized spacial score (nSPS) is 9.60. The molecule has 0 aliphatic heterocycles. The zero-order valence-corrected chi connectivity index (χ0v) is 9.43. The monoisotopic (exact) mass is 280 g/mol. The van der Waals surface area contributed by atoms with Gasteiger partial charge in [-0.25, -0.2) is 0 Å². The molecule has 0 amide bonds. The Hall–Kier alpha value is 0.730. The van der Waals surface area contributed by atoms with E-state index in [2.05, 4.69) is 12.6 Å². The Morgan fingerprint density at radius 1 is 1.20 bits per heavy atom. The van der Waals surface area contributed by atoms with E-state index in [4.69, 9.17) is 29.1 Å². The minimum atomic E-state index is -4.67. The van der Waals surface area contributed by atoms with Crippen molar-refractivity contribution in [3.05, 3.63) is 34.9 Å². The van der Waals surface area contributed by atoms with Crippen molar-refractivity contribution in [2.75, 3.05) is 0 Å². The first-order valence-corrected chi connectivity index (χ1v) is 5.79. The van der Waals surface area contributed by atoms with Gasteiger partial charge in [0.2, 0.25) is 0 Å². The molecule has 0 aliphatic rings. The van der Waals surface area contributed by atoms with E-state index in [-0.39, 0.29) is 29.6 Å². The summed E-state index contributed by atoms with van der Waals surface area (Å²) in [6.07, 6.45) is 0. The van der Waals surface area contributed by atoms with Crippen molar-refractivity contribution in [3.63, 3.8) is 0 Å². The third-order valence-electron chi connectivity index (χ3n) is 1.10. The van der Waals surface area contributed by atoms with Crippen molar-refractivity contribution in [2.24, 2.45) is 0 Å². The number of rotatable bonds is 1. The van der Waals surface area contributed by atoms with E-state index in [0.717, 1.165) is 10.8 Å². The topological polar surface area (TPSA) is 74.6 Å². The first-order chi connectivity index (χ1) is 6.33. The van der Waals surface area contributed by atoms with Gasteiger partial charge in [0.15, 0.2) is 0 Å². The molecule has 82 valence electrons. The first kappa shape index (κ1) is 18.1. The summed E-state index contributed by atoms with van der Waals surface area (Å²) >= 11 is 9.74. The van der Waals surface area contributed by atoms with Crippen LogP contribution in [0.25, 0.3) is 0 Å². The van der Waals surface area contributed by atoms with E-state index < -0.39 is 10.4 Å². The van der Waals surface area contributed by atoms with Crippen LogP contribution in [0, 0.1) is 0 Å². The summed E-state index contributed by atoms with van der Waals surface area (Å²) < 4.78 is 31.6. The van der Waals surface area contributed by atoms with Crippen molar-refractivity contribution < 1.29 is 17.5 Å². The predicted molar refractivity (Wildman–Crippen MR) is 65.5 cm³/mol. The zero-order chi connectivity index (χ0) is 11.2. The molecule has 0 radical (unpaired) electrons. The molecule has 2 N–H and O–H groups in total. The van der Waals surface area contributed by atoms with E-state index in [0.29, 0.717) is 0 Å². The maximum absolute atomic E-state index is 8.74. The third kappa shape index (κ3) is 14.7. The molecule has 4 nitrogen and oxygen atoms in total. The average molecular weight is 281 g/mol. The van der Waals surface area contributed by atoms with Crippen LogP contribution in [0.3, 0.4) is 0 Å². The standard InChI is InChI=1S/C7H7ClS.Na.H2O4S.H/c8-7-3-1-6(5-9)2-4-7;;1-5(2,3)4;/h1-4,9H,5H2;;(H2,1,2,3,4);. The van der Waals surface area contributed by atoms with Crippen LogP contribution in [0.5, 0.6) is 0 Å². The predicted octanol–water partition coefficient (Wildman–Crippen LogP) is 1.47. The molecule has 8 heteroatoms. The second kappa shape index (κ2) is 8.83. The molecule has 15 heavy (non-hydrogen) atoms. The van der Waals surface area contributed by atoms with Gasteiger partial charge in [-0.1, -0.05) is 23.7 Å². The number of hydrogen-bond donors (Lipinski definition) is 3. The molecule has 0 aromatic heterocycles. The second-order valence-electron chi connectivity index (χ2n) is 2.23. The molecular formula is C7H10ClNaO4S2. The molecule has 0 bridgehead atoms. The quantitative estimate of drug-likeness (QED) is 0.414.